The third-order valence-electron chi connectivity index (χ3n) is 5.96. The first kappa shape index (κ1) is 23.8. The van der Waals surface area contributed by atoms with Crippen molar-refractivity contribution in [1.82, 2.24) is 10.2 Å². The van der Waals surface area contributed by atoms with Crippen LogP contribution in [0.3, 0.4) is 0 Å². The van der Waals surface area contributed by atoms with Crippen molar-refractivity contribution in [3.05, 3.63) is 65.5 Å². The Morgan fingerprint density at radius 3 is 2.41 bits per heavy atom. The van der Waals surface area contributed by atoms with Crippen LogP contribution in [0.5, 0.6) is 5.75 Å². The van der Waals surface area contributed by atoms with Crippen molar-refractivity contribution in [2.45, 2.75) is 71.0 Å². The third kappa shape index (κ3) is 7.08. The Balaban J connectivity index is 1.59. The van der Waals surface area contributed by atoms with Gasteiger partial charge in [0.25, 0.3) is 0 Å². The highest BCUT2D eigenvalue weighted by molar-refractivity contribution is 5.87. The quantitative estimate of drug-likeness (QED) is 0.542. The molecule has 172 valence electrons. The Bertz CT molecular complexity index is 877. The van der Waals surface area contributed by atoms with Crippen molar-refractivity contribution in [2.24, 2.45) is 0 Å². The third-order valence-corrected chi connectivity index (χ3v) is 5.96. The molecule has 3 rings (SSSR count). The molecule has 1 fully saturated rings. The maximum Gasteiger partial charge on any atom is 0.242 e. The van der Waals surface area contributed by atoms with Crippen molar-refractivity contribution >= 4 is 11.8 Å². The molecule has 32 heavy (non-hydrogen) atoms. The molecule has 1 aliphatic rings. The van der Waals surface area contributed by atoms with Gasteiger partial charge < -0.3 is 15.0 Å². The van der Waals surface area contributed by atoms with Crippen molar-refractivity contribution < 1.29 is 18.7 Å². The fraction of sp³-hybridized carbons (Fsp3) is 0.462. The Kier molecular flexibility index (Phi) is 8.65. The molecular weight excluding hydrogens is 407 g/mol. The number of ether oxygens (including phenoxy) is 1. The largest absolute Gasteiger partial charge is 0.494 e. The van der Waals surface area contributed by atoms with Gasteiger partial charge in [0.05, 0.1) is 6.61 Å². The van der Waals surface area contributed by atoms with Gasteiger partial charge in [-0.05, 0) is 62.9 Å². The smallest absolute Gasteiger partial charge is 0.242 e. The number of rotatable bonds is 10. The first-order valence-electron chi connectivity index (χ1n) is 11.5. The van der Waals surface area contributed by atoms with E-state index in [-0.39, 0.29) is 36.6 Å². The van der Waals surface area contributed by atoms with Crippen LogP contribution < -0.4 is 10.1 Å². The average Bonchev–Trinajstić information content (AvgIpc) is 3.30. The second kappa shape index (κ2) is 11.7. The molecule has 1 unspecified atom stereocenters. The number of hydrogen-bond donors (Lipinski definition) is 1. The maximum absolute atomic E-state index is 13.3. The highest BCUT2D eigenvalue weighted by Gasteiger charge is 2.28. The minimum Gasteiger partial charge on any atom is -0.494 e. The van der Waals surface area contributed by atoms with E-state index >= 15 is 0 Å². The zero-order valence-electron chi connectivity index (χ0n) is 19.0. The monoisotopic (exact) mass is 440 g/mol. The summed E-state index contributed by atoms with van der Waals surface area (Å²) in [7, 11) is 0. The van der Waals surface area contributed by atoms with Crippen LogP contribution in [0.1, 0.15) is 56.6 Å². The van der Waals surface area contributed by atoms with Crippen LogP contribution in [0.4, 0.5) is 4.39 Å². The minimum absolute atomic E-state index is 0.115. The molecule has 5 nitrogen and oxygen atoms in total. The fourth-order valence-corrected chi connectivity index (χ4v) is 3.95. The number of halogens is 1. The van der Waals surface area contributed by atoms with E-state index in [2.05, 4.69) is 5.32 Å². The van der Waals surface area contributed by atoms with E-state index in [0.29, 0.717) is 13.0 Å². The first-order chi connectivity index (χ1) is 15.4. The van der Waals surface area contributed by atoms with Gasteiger partial charge in [0.2, 0.25) is 11.8 Å². The van der Waals surface area contributed by atoms with Gasteiger partial charge in [0, 0.05) is 19.0 Å². The van der Waals surface area contributed by atoms with Crippen LogP contribution in [0.2, 0.25) is 0 Å². The molecule has 0 heterocycles. The lowest BCUT2D eigenvalue weighted by Crippen LogP contribution is -2.49. The SMILES string of the molecule is Cc1ccc(OCCCC(=O)N(Cc2ccc(F)cc2)C(C)C(=O)NC2CCCC2)cc1. The Labute approximate surface area is 190 Å². The molecule has 2 amide bonds. The van der Waals surface area contributed by atoms with E-state index < -0.39 is 6.04 Å². The number of hydrogen-bond acceptors (Lipinski definition) is 3. The van der Waals surface area contributed by atoms with Crippen molar-refractivity contribution in [1.29, 1.82) is 0 Å². The summed E-state index contributed by atoms with van der Waals surface area (Å²) in [5.74, 6) is 0.196. The topological polar surface area (TPSA) is 58.6 Å². The van der Waals surface area contributed by atoms with E-state index in [1.54, 1.807) is 24.0 Å². The fourth-order valence-electron chi connectivity index (χ4n) is 3.95. The Hall–Kier alpha value is -2.89. The maximum atomic E-state index is 13.3. The van der Waals surface area contributed by atoms with E-state index in [9.17, 15) is 14.0 Å². The lowest BCUT2D eigenvalue weighted by Gasteiger charge is -2.30. The lowest BCUT2D eigenvalue weighted by molar-refractivity contribution is -0.141. The molecule has 1 aliphatic carbocycles. The number of amides is 2. The van der Waals surface area contributed by atoms with Crippen LogP contribution in [0.15, 0.2) is 48.5 Å². The molecule has 0 aromatic heterocycles. The normalized spacial score (nSPS) is 14.7. The molecule has 1 atom stereocenters. The number of nitrogens with one attached hydrogen (secondary N) is 1. The summed E-state index contributed by atoms with van der Waals surface area (Å²) < 4.78 is 19.0. The highest BCUT2D eigenvalue weighted by Crippen LogP contribution is 2.19. The summed E-state index contributed by atoms with van der Waals surface area (Å²) in [6.07, 6.45) is 5.04. The first-order valence-corrected chi connectivity index (χ1v) is 11.5. The van der Waals surface area contributed by atoms with Crippen molar-refractivity contribution in [3.8, 4) is 5.75 Å². The zero-order valence-corrected chi connectivity index (χ0v) is 19.0. The van der Waals surface area contributed by atoms with E-state index in [4.69, 9.17) is 4.74 Å². The molecule has 6 heteroatoms. The number of benzene rings is 2. The molecular formula is C26H33FN2O3. The number of nitrogens with zero attached hydrogens (tertiary/aromatic N) is 1. The van der Waals surface area contributed by atoms with Crippen molar-refractivity contribution in [3.63, 3.8) is 0 Å². The molecule has 0 saturated heterocycles. The van der Waals surface area contributed by atoms with Gasteiger partial charge >= 0.3 is 0 Å². The lowest BCUT2D eigenvalue weighted by atomic mass is 10.1. The summed E-state index contributed by atoms with van der Waals surface area (Å²) in [5.41, 5.74) is 1.95. The second-order valence-electron chi connectivity index (χ2n) is 8.58. The standard InChI is InChI=1S/C26H33FN2O3/c1-19-9-15-24(16-10-19)32-17-5-8-25(30)29(18-21-11-13-22(27)14-12-21)20(2)26(31)28-23-6-3-4-7-23/h9-16,20,23H,3-8,17-18H2,1-2H3,(H,28,31). The van der Waals surface area contributed by atoms with Gasteiger partial charge in [-0.15, -0.1) is 0 Å². The van der Waals surface area contributed by atoms with Gasteiger partial charge in [-0.25, -0.2) is 4.39 Å². The summed E-state index contributed by atoms with van der Waals surface area (Å²) in [4.78, 5) is 27.5. The zero-order chi connectivity index (χ0) is 22.9. The molecule has 0 aliphatic heterocycles. The Morgan fingerprint density at radius 1 is 1.09 bits per heavy atom. The van der Waals surface area contributed by atoms with E-state index in [1.807, 2.05) is 31.2 Å². The summed E-state index contributed by atoms with van der Waals surface area (Å²) >= 11 is 0. The number of carbonyl (C=O) groups is 2. The molecule has 0 radical (unpaired) electrons. The average molecular weight is 441 g/mol. The van der Waals surface area contributed by atoms with Gasteiger partial charge in [0.1, 0.15) is 17.6 Å². The van der Waals surface area contributed by atoms with Gasteiger partial charge in [-0.3, -0.25) is 9.59 Å². The van der Waals surface area contributed by atoms with Gasteiger partial charge in [-0.2, -0.15) is 0 Å². The van der Waals surface area contributed by atoms with Crippen LogP contribution in [-0.4, -0.2) is 35.4 Å². The predicted octanol–water partition coefficient (Wildman–Crippen LogP) is 4.77. The summed E-state index contributed by atoms with van der Waals surface area (Å²) in [6, 6.07) is 13.4. The van der Waals surface area contributed by atoms with Crippen LogP contribution in [0.25, 0.3) is 0 Å². The molecule has 0 spiro atoms. The molecule has 2 aromatic carbocycles. The van der Waals surface area contributed by atoms with Crippen LogP contribution in [-0.2, 0) is 16.1 Å². The summed E-state index contributed by atoms with van der Waals surface area (Å²) in [6.45, 7) is 4.45. The minimum atomic E-state index is -0.605. The second-order valence-corrected chi connectivity index (χ2v) is 8.58. The summed E-state index contributed by atoms with van der Waals surface area (Å²) in [5, 5.41) is 3.08. The molecule has 1 saturated carbocycles. The highest BCUT2D eigenvalue weighted by atomic mass is 19.1. The number of carbonyl (C=O) groups excluding carboxylic acids is 2. The van der Waals surface area contributed by atoms with E-state index in [1.165, 1.54) is 12.1 Å². The number of aryl methyl sites for hydroxylation is 1. The van der Waals surface area contributed by atoms with Crippen molar-refractivity contribution in [2.75, 3.05) is 6.61 Å². The van der Waals surface area contributed by atoms with Gasteiger partial charge in [0.15, 0.2) is 0 Å². The Morgan fingerprint density at radius 2 is 1.75 bits per heavy atom. The van der Waals surface area contributed by atoms with Crippen LogP contribution >= 0.6 is 0 Å². The molecule has 2 aromatic rings. The predicted molar refractivity (Wildman–Crippen MR) is 123 cm³/mol. The molecule has 1 N–H and O–H groups in total. The molecule has 0 bridgehead atoms. The van der Waals surface area contributed by atoms with Crippen LogP contribution in [0, 0.1) is 12.7 Å². The van der Waals surface area contributed by atoms with E-state index in [0.717, 1.165) is 42.6 Å². The van der Waals surface area contributed by atoms with Gasteiger partial charge in [-0.1, -0.05) is 42.7 Å².